The monoisotopic (exact) mass is 406 g/mol. The van der Waals surface area contributed by atoms with Crippen molar-refractivity contribution in [3.8, 4) is 5.75 Å². The summed E-state index contributed by atoms with van der Waals surface area (Å²) in [7, 11) is 0. The molecule has 0 aliphatic heterocycles. The van der Waals surface area contributed by atoms with Crippen LogP contribution in [0.5, 0.6) is 5.75 Å². The van der Waals surface area contributed by atoms with E-state index in [1.54, 1.807) is 18.2 Å². The highest BCUT2D eigenvalue weighted by Gasteiger charge is 2.13. The van der Waals surface area contributed by atoms with Gasteiger partial charge in [0.2, 0.25) is 0 Å². The Morgan fingerprint density at radius 2 is 2.10 bits per heavy atom. The van der Waals surface area contributed by atoms with Crippen LogP contribution in [-0.4, -0.2) is 11.1 Å². The summed E-state index contributed by atoms with van der Waals surface area (Å²) < 4.78 is 19.9. The number of rotatable bonds is 4. The lowest BCUT2D eigenvalue weighted by Gasteiger charge is -2.10. The number of ether oxygens (including phenoxy) is 1. The fraction of sp³-hybridized carbons (Fsp3) is 0.0714. The predicted octanol–water partition coefficient (Wildman–Crippen LogP) is 4.36. The summed E-state index contributed by atoms with van der Waals surface area (Å²) in [5.41, 5.74) is 0.312. The molecule has 0 saturated heterocycles. The molecule has 2 aromatic carbocycles. The molecule has 0 heterocycles. The fourth-order valence-corrected chi connectivity index (χ4v) is 2.30. The van der Waals surface area contributed by atoms with E-state index in [2.05, 4.69) is 0 Å². The molecule has 0 aromatic heterocycles. The van der Waals surface area contributed by atoms with Crippen LogP contribution in [0.25, 0.3) is 0 Å². The van der Waals surface area contributed by atoms with Crippen LogP contribution in [0.15, 0.2) is 36.4 Å². The molecular weight excluding hydrogens is 398 g/mol. The Hall–Kier alpha value is -1.34. The second-order valence-electron chi connectivity index (χ2n) is 3.95. The zero-order chi connectivity index (χ0) is 14.7. The van der Waals surface area contributed by atoms with Crippen LogP contribution in [-0.2, 0) is 6.61 Å². The quantitative estimate of drug-likeness (QED) is 0.768. The maximum Gasteiger partial charge on any atom is 0.339 e. The van der Waals surface area contributed by atoms with Gasteiger partial charge in [0.05, 0.1) is 5.02 Å². The molecule has 3 nitrogen and oxygen atoms in total. The average Bonchev–Trinajstić information content (AvgIpc) is 2.41. The number of aromatic carboxylic acids is 1. The number of halogens is 3. The van der Waals surface area contributed by atoms with Gasteiger partial charge in [-0.2, -0.15) is 0 Å². The Balaban J connectivity index is 2.23. The van der Waals surface area contributed by atoms with Crippen LogP contribution < -0.4 is 4.74 Å². The van der Waals surface area contributed by atoms with E-state index in [0.717, 1.165) is 3.57 Å². The summed E-state index contributed by atoms with van der Waals surface area (Å²) in [6.45, 7) is -0.0900. The molecule has 1 N–H and O–H groups in total. The first-order valence-electron chi connectivity index (χ1n) is 5.57. The topological polar surface area (TPSA) is 46.5 Å². The second-order valence-corrected chi connectivity index (χ2v) is 5.60. The Labute approximate surface area is 133 Å². The highest BCUT2D eigenvalue weighted by Crippen LogP contribution is 2.24. The molecule has 2 aromatic rings. The van der Waals surface area contributed by atoms with Gasteiger partial charge < -0.3 is 9.84 Å². The van der Waals surface area contributed by atoms with Crippen molar-refractivity contribution in [1.82, 2.24) is 0 Å². The van der Waals surface area contributed by atoms with Gasteiger partial charge in [-0.15, -0.1) is 0 Å². The number of carboxylic acid groups (broad SMARTS) is 1. The number of carboxylic acids is 1. The summed E-state index contributed by atoms with van der Waals surface area (Å²) in [6, 6.07) is 9.34. The van der Waals surface area contributed by atoms with Gasteiger partial charge in [-0.1, -0.05) is 23.7 Å². The fourth-order valence-electron chi connectivity index (χ4n) is 1.61. The average molecular weight is 407 g/mol. The predicted molar refractivity (Wildman–Crippen MR) is 81.9 cm³/mol. The summed E-state index contributed by atoms with van der Waals surface area (Å²) in [6.07, 6.45) is 0. The third-order valence-electron chi connectivity index (χ3n) is 2.59. The molecule has 0 atom stereocenters. The van der Waals surface area contributed by atoms with Crippen molar-refractivity contribution in [2.75, 3.05) is 0 Å². The van der Waals surface area contributed by atoms with Crippen molar-refractivity contribution < 1.29 is 19.0 Å². The smallest absolute Gasteiger partial charge is 0.339 e. The number of benzene rings is 2. The van der Waals surface area contributed by atoms with Crippen LogP contribution in [0.4, 0.5) is 4.39 Å². The van der Waals surface area contributed by atoms with Gasteiger partial charge in [-0.05, 0) is 46.9 Å². The first kappa shape index (κ1) is 15.1. The van der Waals surface area contributed by atoms with Crippen LogP contribution >= 0.6 is 34.2 Å². The summed E-state index contributed by atoms with van der Waals surface area (Å²) in [5.74, 6) is -1.46. The van der Waals surface area contributed by atoms with Crippen LogP contribution in [0, 0.1) is 9.39 Å². The molecule has 0 amide bonds. The molecule has 6 heteroatoms. The second kappa shape index (κ2) is 6.41. The van der Waals surface area contributed by atoms with E-state index in [1.165, 1.54) is 18.2 Å². The van der Waals surface area contributed by atoms with Crippen molar-refractivity contribution >= 4 is 40.2 Å². The van der Waals surface area contributed by atoms with Crippen LogP contribution in [0.1, 0.15) is 15.9 Å². The number of hydrogen-bond donors (Lipinski definition) is 1. The van der Waals surface area contributed by atoms with E-state index in [9.17, 15) is 9.18 Å². The summed E-state index contributed by atoms with van der Waals surface area (Å²) >= 11 is 7.68. The lowest BCUT2D eigenvalue weighted by Crippen LogP contribution is -2.05. The van der Waals surface area contributed by atoms with E-state index >= 15 is 0 Å². The van der Waals surface area contributed by atoms with Gasteiger partial charge in [0.1, 0.15) is 23.7 Å². The Morgan fingerprint density at radius 1 is 1.35 bits per heavy atom. The van der Waals surface area contributed by atoms with Crippen molar-refractivity contribution in [3.05, 3.63) is 61.9 Å². The molecule has 0 aliphatic rings. The molecule has 0 aliphatic carbocycles. The van der Waals surface area contributed by atoms with Crippen LogP contribution in [0.3, 0.4) is 0 Å². The van der Waals surface area contributed by atoms with Crippen LogP contribution in [0.2, 0.25) is 5.02 Å². The highest BCUT2D eigenvalue weighted by molar-refractivity contribution is 14.1. The molecule has 0 spiro atoms. The number of hydrogen-bond acceptors (Lipinski definition) is 2. The lowest BCUT2D eigenvalue weighted by molar-refractivity contribution is 0.0691. The van der Waals surface area contributed by atoms with Crippen molar-refractivity contribution in [1.29, 1.82) is 0 Å². The molecule has 0 radical (unpaired) electrons. The zero-order valence-electron chi connectivity index (χ0n) is 10.1. The first-order valence-corrected chi connectivity index (χ1v) is 7.03. The first-order chi connectivity index (χ1) is 9.49. The molecule has 20 heavy (non-hydrogen) atoms. The maximum atomic E-state index is 13.7. The lowest BCUT2D eigenvalue weighted by atomic mass is 10.2. The van der Waals surface area contributed by atoms with E-state index in [1.807, 2.05) is 22.6 Å². The van der Waals surface area contributed by atoms with Crippen molar-refractivity contribution in [2.45, 2.75) is 6.61 Å². The van der Waals surface area contributed by atoms with E-state index in [-0.39, 0.29) is 28.5 Å². The molecule has 0 unspecified atom stereocenters. The maximum absolute atomic E-state index is 13.7. The van der Waals surface area contributed by atoms with Gasteiger partial charge in [-0.25, -0.2) is 9.18 Å². The van der Waals surface area contributed by atoms with E-state index < -0.39 is 11.8 Å². The Morgan fingerprint density at radius 3 is 2.80 bits per heavy atom. The molecule has 2 rings (SSSR count). The Bertz CT molecular complexity index is 661. The van der Waals surface area contributed by atoms with E-state index in [4.69, 9.17) is 21.4 Å². The largest absolute Gasteiger partial charge is 0.488 e. The van der Waals surface area contributed by atoms with Gasteiger partial charge in [0.25, 0.3) is 0 Å². The third kappa shape index (κ3) is 3.40. The standard InChI is InChI=1S/C14H9ClFIO3/c15-11-3-1-2-8(13(11)16)7-20-12-5-4-9(17)6-10(12)14(18)19/h1-6H,7H2,(H,18,19). The van der Waals surface area contributed by atoms with E-state index in [0.29, 0.717) is 0 Å². The van der Waals surface area contributed by atoms with Gasteiger partial charge in [0, 0.05) is 9.13 Å². The van der Waals surface area contributed by atoms with Gasteiger partial charge >= 0.3 is 5.97 Å². The van der Waals surface area contributed by atoms with Gasteiger partial charge in [-0.3, -0.25) is 0 Å². The minimum atomic E-state index is -1.09. The number of carbonyl (C=O) groups is 1. The summed E-state index contributed by atoms with van der Waals surface area (Å²) in [5, 5.41) is 9.11. The molecular formula is C14H9ClFIO3. The molecule has 104 valence electrons. The SMILES string of the molecule is O=C(O)c1cc(I)ccc1OCc1cccc(Cl)c1F. The third-order valence-corrected chi connectivity index (χ3v) is 3.55. The molecule has 0 saturated carbocycles. The normalized spacial score (nSPS) is 10.3. The Kier molecular flexibility index (Phi) is 4.82. The van der Waals surface area contributed by atoms with Crippen molar-refractivity contribution in [2.24, 2.45) is 0 Å². The summed E-state index contributed by atoms with van der Waals surface area (Å²) in [4.78, 5) is 11.1. The van der Waals surface area contributed by atoms with Gasteiger partial charge in [0.15, 0.2) is 0 Å². The minimum Gasteiger partial charge on any atom is -0.488 e. The van der Waals surface area contributed by atoms with Crippen molar-refractivity contribution in [3.63, 3.8) is 0 Å². The highest BCUT2D eigenvalue weighted by atomic mass is 127. The molecule has 0 bridgehead atoms. The zero-order valence-corrected chi connectivity index (χ0v) is 13.0. The molecule has 0 fully saturated rings. The minimum absolute atomic E-state index is 0.00664.